The van der Waals surface area contributed by atoms with Gasteiger partial charge in [-0.15, -0.1) is 6.58 Å². The summed E-state index contributed by atoms with van der Waals surface area (Å²) in [5.41, 5.74) is 0. The summed E-state index contributed by atoms with van der Waals surface area (Å²) in [5.74, 6) is -0.316. The number of amides is 1. The van der Waals surface area contributed by atoms with Gasteiger partial charge in [-0.1, -0.05) is 6.08 Å². The van der Waals surface area contributed by atoms with Gasteiger partial charge in [-0.2, -0.15) is 0 Å². The van der Waals surface area contributed by atoms with Crippen molar-refractivity contribution in [3.8, 4) is 0 Å². The maximum atomic E-state index is 11.3. The fraction of sp³-hybridized carbons (Fsp3) is 0.667. The van der Waals surface area contributed by atoms with Gasteiger partial charge in [0.05, 0.1) is 12.3 Å². The Labute approximate surface area is 96.8 Å². The summed E-state index contributed by atoms with van der Waals surface area (Å²) in [5, 5.41) is 5.33. The Morgan fingerprint density at radius 2 is 2.06 bits per heavy atom. The van der Waals surface area contributed by atoms with E-state index in [-0.39, 0.29) is 24.7 Å². The van der Waals surface area contributed by atoms with Crippen LogP contribution >= 0.6 is 0 Å². The van der Waals surface area contributed by atoms with E-state index in [1.165, 1.54) is 14.1 Å². The van der Waals surface area contributed by atoms with Gasteiger partial charge in [-0.05, 0) is 0 Å². The second kappa shape index (κ2) is 7.37. The first-order chi connectivity index (χ1) is 7.40. The standard InChI is InChI=1S/C9H19N3O3S/c1-4-5-10-8-9(13)11-6-7-16(14,15)12(2)3/h4,10H,1,5-8H2,2-3H3,(H,11,13). The summed E-state index contributed by atoms with van der Waals surface area (Å²) >= 11 is 0. The first-order valence-corrected chi connectivity index (χ1v) is 6.49. The first kappa shape index (κ1) is 15.1. The van der Waals surface area contributed by atoms with Crippen molar-refractivity contribution in [3.05, 3.63) is 12.7 Å². The van der Waals surface area contributed by atoms with Gasteiger partial charge >= 0.3 is 0 Å². The van der Waals surface area contributed by atoms with E-state index in [1.807, 2.05) is 0 Å². The molecule has 0 bridgehead atoms. The van der Waals surface area contributed by atoms with Crippen LogP contribution in [-0.4, -0.2) is 58.1 Å². The molecule has 94 valence electrons. The molecule has 0 heterocycles. The molecule has 0 spiro atoms. The average molecular weight is 249 g/mol. The third kappa shape index (κ3) is 6.54. The highest BCUT2D eigenvalue weighted by atomic mass is 32.2. The largest absolute Gasteiger partial charge is 0.354 e. The van der Waals surface area contributed by atoms with Gasteiger partial charge < -0.3 is 10.6 Å². The molecule has 0 aliphatic rings. The van der Waals surface area contributed by atoms with E-state index in [9.17, 15) is 13.2 Å². The molecule has 16 heavy (non-hydrogen) atoms. The normalized spacial score (nSPS) is 11.4. The van der Waals surface area contributed by atoms with E-state index in [0.717, 1.165) is 4.31 Å². The van der Waals surface area contributed by atoms with Crippen LogP contribution < -0.4 is 10.6 Å². The monoisotopic (exact) mass is 249 g/mol. The van der Waals surface area contributed by atoms with Crippen molar-refractivity contribution in [2.75, 3.05) is 39.5 Å². The summed E-state index contributed by atoms with van der Waals surface area (Å²) in [4.78, 5) is 11.2. The molecule has 0 aromatic carbocycles. The average Bonchev–Trinajstić information content (AvgIpc) is 2.17. The molecule has 1 amide bonds. The Balaban J connectivity index is 3.74. The van der Waals surface area contributed by atoms with Crippen molar-refractivity contribution in [2.24, 2.45) is 0 Å². The molecule has 6 nitrogen and oxygen atoms in total. The molecule has 0 aromatic heterocycles. The van der Waals surface area contributed by atoms with Gasteiger partial charge in [0.1, 0.15) is 0 Å². The van der Waals surface area contributed by atoms with E-state index in [4.69, 9.17) is 0 Å². The zero-order valence-electron chi connectivity index (χ0n) is 9.69. The summed E-state index contributed by atoms with van der Waals surface area (Å²) in [6.45, 7) is 4.32. The second-order valence-corrected chi connectivity index (χ2v) is 5.67. The highest BCUT2D eigenvalue weighted by Crippen LogP contribution is 1.91. The molecule has 0 rings (SSSR count). The lowest BCUT2D eigenvalue weighted by Gasteiger charge is -2.11. The minimum atomic E-state index is -3.24. The van der Waals surface area contributed by atoms with Crippen molar-refractivity contribution in [1.82, 2.24) is 14.9 Å². The Bertz CT molecular complexity index is 325. The lowest BCUT2D eigenvalue weighted by molar-refractivity contribution is -0.120. The van der Waals surface area contributed by atoms with Crippen LogP contribution in [0.3, 0.4) is 0 Å². The van der Waals surface area contributed by atoms with Crippen molar-refractivity contribution in [1.29, 1.82) is 0 Å². The number of carbonyl (C=O) groups excluding carboxylic acids is 1. The van der Waals surface area contributed by atoms with Crippen molar-refractivity contribution >= 4 is 15.9 Å². The number of carbonyl (C=O) groups is 1. The zero-order valence-corrected chi connectivity index (χ0v) is 10.5. The van der Waals surface area contributed by atoms with Gasteiger partial charge in [0.25, 0.3) is 0 Å². The lowest BCUT2D eigenvalue weighted by atomic mass is 10.5. The van der Waals surface area contributed by atoms with Crippen molar-refractivity contribution in [2.45, 2.75) is 0 Å². The van der Waals surface area contributed by atoms with Gasteiger partial charge in [0.2, 0.25) is 15.9 Å². The molecular formula is C9H19N3O3S. The molecule has 0 fully saturated rings. The number of hydrogen-bond donors (Lipinski definition) is 2. The van der Waals surface area contributed by atoms with Crippen molar-refractivity contribution in [3.63, 3.8) is 0 Å². The predicted molar refractivity (Wildman–Crippen MR) is 63.6 cm³/mol. The Morgan fingerprint density at radius 1 is 1.44 bits per heavy atom. The fourth-order valence-corrected chi connectivity index (χ4v) is 1.58. The van der Waals surface area contributed by atoms with Crippen molar-refractivity contribution < 1.29 is 13.2 Å². The summed E-state index contributed by atoms with van der Waals surface area (Å²) in [6, 6.07) is 0. The van der Waals surface area contributed by atoms with Gasteiger partial charge in [-0.3, -0.25) is 4.79 Å². The Hall–Kier alpha value is -0.920. The van der Waals surface area contributed by atoms with E-state index in [2.05, 4.69) is 17.2 Å². The molecule has 0 unspecified atom stereocenters. The van der Waals surface area contributed by atoms with E-state index < -0.39 is 10.0 Å². The number of rotatable bonds is 8. The molecule has 0 radical (unpaired) electrons. The zero-order chi connectivity index (χ0) is 12.6. The predicted octanol–water partition coefficient (Wildman–Crippen LogP) is -1.23. The smallest absolute Gasteiger partial charge is 0.233 e. The molecule has 2 N–H and O–H groups in total. The third-order valence-electron chi connectivity index (χ3n) is 1.81. The number of hydrogen-bond acceptors (Lipinski definition) is 4. The van der Waals surface area contributed by atoms with Crippen LogP contribution in [0.2, 0.25) is 0 Å². The highest BCUT2D eigenvalue weighted by molar-refractivity contribution is 7.89. The van der Waals surface area contributed by atoms with Crippen LogP contribution in [0.25, 0.3) is 0 Å². The third-order valence-corrected chi connectivity index (χ3v) is 3.65. The topological polar surface area (TPSA) is 78.5 Å². The SMILES string of the molecule is C=CCNCC(=O)NCCS(=O)(=O)N(C)C. The molecule has 7 heteroatoms. The Morgan fingerprint density at radius 3 is 2.56 bits per heavy atom. The lowest BCUT2D eigenvalue weighted by Crippen LogP contribution is -2.38. The van der Waals surface area contributed by atoms with Gasteiger partial charge in [0, 0.05) is 27.2 Å². The number of nitrogens with one attached hydrogen (secondary N) is 2. The fourth-order valence-electron chi connectivity index (χ4n) is 0.852. The quantitative estimate of drug-likeness (QED) is 0.417. The molecule has 0 aliphatic heterocycles. The first-order valence-electron chi connectivity index (χ1n) is 4.88. The summed E-state index contributed by atoms with van der Waals surface area (Å²) in [7, 11) is -0.315. The van der Waals surface area contributed by atoms with Crippen LogP contribution in [-0.2, 0) is 14.8 Å². The summed E-state index contributed by atoms with van der Waals surface area (Å²) in [6.07, 6.45) is 1.64. The molecular weight excluding hydrogens is 230 g/mol. The molecule has 0 atom stereocenters. The highest BCUT2D eigenvalue weighted by Gasteiger charge is 2.13. The van der Waals surface area contributed by atoms with E-state index in [0.29, 0.717) is 6.54 Å². The van der Waals surface area contributed by atoms with E-state index in [1.54, 1.807) is 6.08 Å². The van der Waals surface area contributed by atoms with Crippen LogP contribution in [0.1, 0.15) is 0 Å². The van der Waals surface area contributed by atoms with Crippen LogP contribution in [0.5, 0.6) is 0 Å². The number of nitrogens with zero attached hydrogens (tertiary/aromatic N) is 1. The molecule has 0 saturated heterocycles. The number of sulfonamides is 1. The van der Waals surface area contributed by atoms with Crippen LogP contribution in [0.15, 0.2) is 12.7 Å². The molecule has 0 aliphatic carbocycles. The molecule has 0 aromatic rings. The minimum absolute atomic E-state index is 0.0901. The maximum Gasteiger partial charge on any atom is 0.233 e. The van der Waals surface area contributed by atoms with Gasteiger partial charge in [-0.25, -0.2) is 12.7 Å². The summed E-state index contributed by atoms with van der Waals surface area (Å²) < 4.78 is 23.8. The maximum absolute atomic E-state index is 11.3. The van der Waals surface area contributed by atoms with Crippen LogP contribution in [0, 0.1) is 0 Å². The van der Waals surface area contributed by atoms with Gasteiger partial charge in [0.15, 0.2) is 0 Å². The van der Waals surface area contributed by atoms with Crippen LogP contribution in [0.4, 0.5) is 0 Å². The van der Waals surface area contributed by atoms with E-state index >= 15 is 0 Å². The second-order valence-electron chi connectivity index (χ2n) is 3.37. The molecule has 0 saturated carbocycles. The minimum Gasteiger partial charge on any atom is -0.354 e. The Kier molecular flexibility index (Phi) is 6.95.